The highest BCUT2D eigenvalue weighted by Gasteiger charge is 2.17. The average molecular weight is 355 g/mol. The van der Waals surface area contributed by atoms with Gasteiger partial charge in [-0.15, -0.1) is 10.2 Å². The summed E-state index contributed by atoms with van der Waals surface area (Å²) in [6.45, 7) is 0. The van der Waals surface area contributed by atoms with Crippen LogP contribution in [0.2, 0.25) is 0 Å². The minimum Gasteiger partial charge on any atom is -0.353 e. The number of hydrogen-bond donors (Lipinski definition) is 1. The van der Waals surface area contributed by atoms with Crippen molar-refractivity contribution in [2.24, 2.45) is 7.05 Å². The summed E-state index contributed by atoms with van der Waals surface area (Å²) in [7, 11) is 1.98. The molecule has 130 valence electrons. The molecule has 0 atom stereocenters. The van der Waals surface area contributed by atoms with Crippen LogP contribution < -0.4 is 5.32 Å². The highest BCUT2D eigenvalue weighted by Crippen LogP contribution is 2.26. The largest absolute Gasteiger partial charge is 0.353 e. The first-order valence-corrected chi connectivity index (χ1v) is 9.71. The van der Waals surface area contributed by atoms with Gasteiger partial charge in [-0.1, -0.05) is 49.2 Å². The van der Waals surface area contributed by atoms with E-state index in [1.165, 1.54) is 31.0 Å². The Hall–Kier alpha value is -2.15. The van der Waals surface area contributed by atoms with Gasteiger partial charge in [0.1, 0.15) is 5.52 Å². The van der Waals surface area contributed by atoms with Gasteiger partial charge in [-0.2, -0.15) is 0 Å². The van der Waals surface area contributed by atoms with Gasteiger partial charge >= 0.3 is 0 Å². The van der Waals surface area contributed by atoms with Crippen molar-refractivity contribution < 1.29 is 4.79 Å². The predicted molar refractivity (Wildman–Crippen MR) is 99.5 cm³/mol. The molecule has 6 nitrogen and oxygen atoms in total. The molecule has 2 aromatic heterocycles. The van der Waals surface area contributed by atoms with Crippen molar-refractivity contribution >= 4 is 39.7 Å². The Morgan fingerprint density at radius 1 is 1.24 bits per heavy atom. The number of benzene rings is 1. The molecular formula is C18H21N5OS. The monoisotopic (exact) mass is 355 g/mol. The number of fused-ring (bicyclic) bond motifs is 3. The molecule has 0 saturated heterocycles. The molecule has 1 aliphatic rings. The maximum absolute atomic E-state index is 12.1. The molecule has 0 unspecified atom stereocenters. The number of amides is 1. The SMILES string of the molecule is Cn1c2ccccc2c2nnc(SCC(=O)NC3CCCCC3)nc21. The fourth-order valence-electron chi connectivity index (χ4n) is 3.50. The van der Waals surface area contributed by atoms with Gasteiger partial charge in [-0.3, -0.25) is 4.79 Å². The van der Waals surface area contributed by atoms with Crippen molar-refractivity contribution in [3.8, 4) is 0 Å². The fourth-order valence-corrected chi connectivity index (χ4v) is 4.09. The molecule has 0 spiro atoms. The number of nitrogens with zero attached hydrogens (tertiary/aromatic N) is 4. The molecular weight excluding hydrogens is 334 g/mol. The second-order valence-corrected chi connectivity index (χ2v) is 7.48. The van der Waals surface area contributed by atoms with Crippen LogP contribution in [0.3, 0.4) is 0 Å². The van der Waals surface area contributed by atoms with Gasteiger partial charge in [0.05, 0.1) is 11.3 Å². The van der Waals surface area contributed by atoms with Gasteiger partial charge in [0.2, 0.25) is 11.1 Å². The van der Waals surface area contributed by atoms with Crippen molar-refractivity contribution in [3.05, 3.63) is 24.3 Å². The number of rotatable bonds is 4. The standard InChI is InChI=1S/C18H21N5OS/c1-23-14-10-6-5-9-13(14)16-17(23)20-18(22-21-16)25-11-15(24)19-12-7-3-2-4-8-12/h5-6,9-10,12H,2-4,7-8,11H2,1H3,(H,19,24). The first kappa shape index (κ1) is 16.3. The van der Waals surface area contributed by atoms with Crippen LogP contribution in [-0.2, 0) is 11.8 Å². The molecule has 3 aromatic rings. The van der Waals surface area contributed by atoms with Crippen molar-refractivity contribution in [1.29, 1.82) is 0 Å². The maximum atomic E-state index is 12.1. The van der Waals surface area contributed by atoms with Crippen molar-refractivity contribution in [1.82, 2.24) is 25.1 Å². The summed E-state index contributed by atoms with van der Waals surface area (Å²) in [5.41, 5.74) is 2.68. The van der Waals surface area contributed by atoms with Crippen LogP contribution in [0.5, 0.6) is 0 Å². The van der Waals surface area contributed by atoms with E-state index in [0.717, 1.165) is 34.9 Å². The predicted octanol–water partition coefficient (Wildman–Crippen LogP) is 3.06. The Kier molecular flexibility index (Phi) is 4.57. The molecule has 0 aliphatic heterocycles. The van der Waals surface area contributed by atoms with E-state index >= 15 is 0 Å². The molecule has 1 fully saturated rings. The normalized spacial score (nSPS) is 15.7. The van der Waals surface area contributed by atoms with Crippen LogP contribution >= 0.6 is 11.8 Å². The summed E-state index contributed by atoms with van der Waals surface area (Å²) in [5.74, 6) is 0.380. The third kappa shape index (κ3) is 3.33. The third-order valence-corrected chi connectivity index (χ3v) is 5.63. The zero-order valence-electron chi connectivity index (χ0n) is 14.2. The number of aromatic nitrogens is 4. The van der Waals surface area contributed by atoms with E-state index in [9.17, 15) is 4.79 Å². The fraction of sp³-hybridized carbons (Fsp3) is 0.444. The Morgan fingerprint density at radius 2 is 2.04 bits per heavy atom. The van der Waals surface area contributed by atoms with Crippen LogP contribution in [0.25, 0.3) is 22.1 Å². The van der Waals surface area contributed by atoms with E-state index in [0.29, 0.717) is 17.0 Å². The lowest BCUT2D eigenvalue weighted by Crippen LogP contribution is -2.37. The lowest BCUT2D eigenvalue weighted by Gasteiger charge is -2.22. The summed E-state index contributed by atoms with van der Waals surface area (Å²) in [4.78, 5) is 16.7. The van der Waals surface area contributed by atoms with Gasteiger partial charge in [-0.05, 0) is 18.9 Å². The van der Waals surface area contributed by atoms with Crippen molar-refractivity contribution in [2.45, 2.75) is 43.3 Å². The highest BCUT2D eigenvalue weighted by molar-refractivity contribution is 7.99. The number of carbonyl (C=O) groups is 1. The Bertz CT molecular complexity index is 916. The summed E-state index contributed by atoms with van der Waals surface area (Å²) < 4.78 is 2.02. The number of hydrogen-bond acceptors (Lipinski definition) is 5. The smallest absolute Gasteiger partial charge is 0.230 e. The first-order chi connectivity index (χ1) is 12.2. The minimum absolute atomic E-state index is 0.0534. The second kappa shape index (κ2) is 7.00. The van der Waals surface area contributed by atoms with Crippen LogP contribution in [0.4, 0.5) is 0 Å². The van der Waals surface area contributed by atoms with Gasteiger partial charge in [0.25, 0.3) is 0 Å². The molecule has 0 radical (unpaired) electrons. The summed E-state index contributed by atoms with van der Waals surface area (Å²) in [5, 5.41) is 13.2. The molecule has 1 aromatic carbocycles. The Labute approximate surface area is 150 Å². The summed E-state index contributed by atoms with van der Waals surface area (Å²) >= 11 is 1.34. The molecule has 25 heavy (non-hydrogen) atoms. The van der Waals surface area contributed by atoms with E-state index in [-0.39, 0.29) is 5.91 Å². The summed E-state index contributed by atoms with van der Waals surface area (Å²) in [6, 6.07) is 8.39. The zero-order valence-corrected chi connectivity index (χ0v) is 15.1. The average Bonchev–Trinajstić information content (AvgIpc) is 2.93. The van der Waals surface area contributed by atoms with E-state index in [2.05, 4.69) is 20.5 Å². The molecule has 2 heterocycles. The number of carbonyl (C=O) groups excluding carboxylic acids is 1. The quantitative estimate of drug-likeness (QED) is 0.728. The lowest BCUT2D eigenvalue weighted by atomic mass is 9.95. The number of aryl methyl sites for hydroxylation is 1. The van der Waals surface area contributed by atoms with Crippen LogP contribution in [0.15, 0.2) is 29.4 Å². The van der Waals surface area contributed by atoms with Crippen molar-refractivity contribution in [3.63, 3.8) is 0 Å². The van der Waals surface area contributed by atoms with Crippen LogP contribution in [0.1, 0.15) is 32.1 Å². The van der Waals surface area contributed by atoms with Crippen molar-refractivity contribution in [2.75, 3.05) is 5.75 Å². The molecule has 4 rings (SSSR count). The highest BCUT2D eigenvalue weighted by atomic mass is 32.2. The number of para-hydroxylation sites is 1. The van der Waals surface area contributed by atoms with Gasteiger partial charge < -0.3 is 9.88 Å². The molecule has 1 aliphatic carbocycles. The Morgan fingerprint density at radius 3 is 2.88 bits per heavy atom. The molecule has 1 saturated carbocycles. The van der Waals surface area contributed by atoms with Gasteiger partial charge in [-0.25, -0.2) is 4.98 Å². The molecule has 1 N–H and O–H groups in total. The first-order valence-electron chi connectivity index (χ1n) is 8.72. The molecule has 7 heteroatoms. The van der Waals surface area contributed by atoms with Crippen LogP contribution in [-0.4, -0.2) is 37.5 Å². The van der Waals surface area contributed by atoms with Gasteiger partial charge in [0.15, 0.2) is 5.65 Å². The zero-order chi connectivity index (χ0) is 17.2. The topological polar surface area (TPSA) is 72.7 Å². The van der Waals surface area contributed by atoms with Crippen LogP contribution in [0, 0.1) is 0 Å². The van der Waals surface area contributed by atoms with E-state index < -0.39 is 0 Å². The van der Waals surface area contributed by atoms with Gasteiger partial charge in [0, 0.05) is 18.5 Å². The van der Waals surface area contributed by atoms with E-state index in [1.807, 2.05) is 35.9 Å². The number of thioether (sulfide) groups is 1. The van der Waals surface area contributed by atoms with E-state index in [4.69, 9.17) is 0 Å². The molecule has 0 bridgehead atoms. The lowest BCUT2D eigenvalue weighted by molar-refractivity contribution is -0.119. The molecule has 1 amide bonds. The minimum atomic E-state index is 0.0534. The Balaban J connectivity index is 1.47. The maximum Gasteiger partial charge on any atom is 0.230 e. The van der Waals surface area contributed by atoms with E-state index in [1.54, 1.807) is 0 Å². The second-order valence-electron chi connectivity index (χ2n) is 6.53. The third-order valence-electron chi connectivity index (χ3n) is 4.79. The number of nitrogens with one attached hydrogen (secondary N) is 1. The summed E-state index contributed by atoms with van der Waals surface area (Å²) in [6.07, 6.45) is 5.89.